The molecular formula is C14H21N3O2S. The normalized spacial score (nSPS) is 15.3. The van der Waals surface area contributed by atoms with Crippen molar-refractivity contribution < 1.29 is 9.53 Å². The minimum Gasteiger partial charge on any atom is -0.462 e. The second kappa shape index (κ2) is 6.92. The van der Waals surface area contributed by atoms with Gasteiger partial charge in [-0.2, -0.15) is 0 Å². The average Bonchev–Trinajstić information content (AvgIpc) is 2.91. The van der Waals surface area contributed by atoms with E-state index in [1.807, 2.05) is 13.2 Å². The quantitative estimate of drug-likeness (QED) is 0.512. The van der Waals surface area contributed by atoms with E-state index in [9.17, 15) is 4.79 Å². The van der Waals surface area contributed by atoms with E-state index >= 15 is 0 Å². The molecule has 0 saturated heterocycles. The number of ether oxygens (including phenoxy) is 1. The van der Waals surface area contributed by atoms with Crippen LogP contribution in [-0.2, 0) is 4.74 Å². The zero-order valence-corrected chi connectivity index (χ0v) is 13.0. The smallest absolute Gasteiger partial charge is 0.343 e. The number of aryl methyl sites for hydroxylation is 1. The van der Waals surface area contributed by atoms with Crippen molar-refractivity contribution in [2.24, 2.45) is 0 Å². The van der Waals surface area contributed by atoms with Gasteiger partial charge in [0.2, 0.25) is 0 Å². The number of aromatic nitrogens is 2. The van der Waals surface area contributed by atoms with Gasteiger partial charge in [-0.3, -0.25) is 0 Å². The summed E-state index contributed by atoms with van der Waals surface area (Å²) in [7, 11) is 0. The van der Waals surface area contributed by atoms with Crippen molar-refractivity contribution >= 4 is 23.5 Å². The average molecular weight is 295 g/mol. The monoisotopic (exact) mass is 295 g/mol. The Labute approximate surface area is 123 Å². The van der Waals surface area contributed by atoms with Crippen LogP contribution in [0.2, 0.25) is 0 Å². The summed E-state index contributed by atoms with van der Waals surface area (Å²) in [6.07, 6.45) is 6.63. The van der Waals surface area contributed by atoms with E-state index in [4.69, 9.17) is 4.74 Å². The maximum Gasteiger partial charge on any atom is 0.343 e. The van der Waals surface area contributed by atoms with E-state index < -0.39 is 0 Å². The zero-order valence-electron chi connectivity index (χ0n) is 12.2. The van der Waals surface area contributed by atoms with Crippen molar-refractivity contribution in [1.82, 2.24) is 9.97 Å². The molecule has 1 fully saturated rings. The Morgan fingerprint density at radius 1 is 1.40 bits per heavy atom. The van der Waals surface area contributed by atoms with Crippen molar-refractivity contribution in [2.45, 2.75) is 50.7 Å². The lowest BCUT2D eigenvalue weighted by Gasteiger charge is -2.17. The highest BCUT2D eigenvalue weighted by Crippen LogP contribution is 2.26. The Morgan fingerprint density at radius 2 is 2.10 bits per heavy atom. The molecule has 6 heteroatoms. The molecular weight excluding hydrogens is 274 g/mol. The molecule has 0 bridgehead atoms. The molecule has 1 N–H and O–H groups in total. The molecule has 0 unspecified atom stereocenters. The Bertz CT molecular complexity index is 488. The molecule has 20 heavy (non-hydrogen) atoms. The number of anilines is 1. The largest absolute Gasteiger partial charge is 0.462 e. The SMILES string of the molecule is CCOC(=O)c1c(C)nc(SC)nc1NC1CCCC1. The minimum atomic E-state index is -0.349. The first-order valence-corrected chi connectivity index (χ1v) is 8.24. The van der Waals surface area contributed by atoms with Crippen LogP contribution in [0.15, 0.2) is 5.16 Å². The van der Waals surface area contributed by atoms with Gasteiger partial charge in [0, 0.05) is 6.04 Å². The third-order valence-corrected chi connectivity index (χ3v) is 3.98. The van der Waals surface area contributed by atoms with Crippen LogP contribution in [0.5, 0.6) is 0 Å². The van der Waals surface area contributed by atoms with Crippen molar-refractivity contribution in [2.75, 3.05) is 18.2 Å². The molecule has 1 aromatic rings. The Morgan fingerprint density at radius 3 is 2.70 bits per heavy atom. The zero-order chi connectivity index (χ0) is 14.5. The van der Waals surface area contributed by atoms with Crippen LogP contribution in [-0.4, -0.2) is 34.8 Å². The summed E-state index contributed by atoms with van der Waals surface area (Å²) >= 11 is 1.47. The number of nitrogens with one attached hydrogen (secondary N) is 1. The topological polar surface area (TPSA) is 64.1 Å². The van der Waals surface area contributed by atoms with Gasteiger partial charge in [-0.1, -0.05) is 24.6 Å². The fourth-order valence-electron chi connectivity index (χ4n) is 2.45. The van der Waals surface area contributed by atoms with E-state index in [1.54, 1.807) is 6.92 Å². The summed E-state index contributed by atoms with van der Waals surface area (Å²) < 4.78 is 5.12. The highest BCUT2D eigenvalue weighted by Gasteiger charge is 2.23. The fourth-order valence-corrected chi connectivity index (χ4v) is 2.86. The summed E-state index contributed by atoms with van der Waals surface area (Å²) in [5.41, 5.74) is 1.14. The number of carbonyl (C=O) groups excluding carboxylic acids is 1. The van der Waals surface area contributed by atoms with Gasteiger partial charge < -0.3 is 10.1 Å². The molecule has 0 atom stereocenters. The summed E-state index contributed by atoms with van der Waals surface area (Å²) in [5, 5.41) is 4.08. The Balaban J connectivity index is 2.33. The Hall–Kier alpha value is -1.30. The lowest BCUT2D eigenvalue weighted by Crippen LogP contribution is -2.21. The van der Waals surface area contributed by atoms with Crippen LogP contribution >= 0.6 is 11.8 Å². The number of hydrogen-bond acceptors (Lipinski definition) is 6. The summed E-state index contributed by atoms with van der Waals surface area (Å²) in [4.78, 5) is 20.9. The summed E-state index contributed by atoms with van der Waals surface area (Å²) in [5.74, 6) is 0.269. The van der Waals surface area contributed by atoms with Crippen molar-refractivity contribution in [3.8, 4) is 0 Å². The highest BCUT2D eigenvalue weighted by molar-refractivity contribution is 7.98. The third kappa shape index (κ3) is 3.42. The van der Waals surface area contributed by atoms with Crippen LogP contribution in [0.1, 0.15) is 48.7 Å². The van der Waals surface area contributed by atoms with Gasteiger partial charge in [0.25, 0.3) is 0 Å². The van der Waals surface area contributed by atoms with Gasteiger partial charge in [-0.25, -0.2) is 14.8 Å². The van der Waals surface area contributed by atoms with Crippen molar-refractivity contribution in [1.29, 1.82) is 0 Å². The van der Waals surface area contributed by atoms with E-state index in [-0.39, 0.29) is 5.97 Å². The number of esters is 1. The van der Waals surface area contributed by atoms with Crippen LogP contribution in [0.3, 0.4) is 0 Å². The van der Waals surface area contributed by atoms with Gasteiger partial charge in [0.05, 0.1) is 12.3 Å². The molecule has 0 spiro atoms. The van der Waals surface area contributed by atoms with E-state index in [0.29, 0.717) is 34.9 Å². The molecule has 1 aliphatic rings. The second-order valence-corrected chi connectivity index (χ2v) is 5.64. The first-order valence-electron chi connectivity index (χ1n) is 7.02. The van der Waals surface area contributed by atoms with Crippen molar-refractivity contribution in [3.05, 3.63) is 11.3 Å². The lowest BCUT2D eigenvalue weighted by atomic mass is 10.2. The number of hydrogen-bond donors (Lipinski definition) is 1. The standard InChI is InChI=1S/C14H21N3O2S/c1-4-19-13(18)11-9(2)15-14(20-3)17-12(11)16-10-7-5-6-8-10/h10H,4-8H2,1-3H3,(H,15,16,17). The molecule has 5 nitrogen and oxygen atoms in total. The predicted molar refractivity (Wildman–Crippen MR) is 80.4 cm³/mol. The first-order chi connectivity index (χ1) is 9.65. The van der Waals surface area contributed by atoms with Gasteiger partial charge in [-0.05, 0) is 32.9 Å². The van der Waals surface area contributed by atoms with Gasteiger partial charge >= 0.3 is 5.97 Å². The summed E-state index contributed by atoms with van der Waals surface area (Å²) in [6.45, 7) is 3.98. The molecule has 1 saturated carbocycles. The molecule has 0 aromatic carbocycles. The van der Waals surface area contributed by atoms with Gasteiger partial charge in [-0.15, -0.1) is 0 Å². The molecule has 0 amide bonds. The summed E-state index contributed by atoms with van der Waals surface area (Å²) in [6, 6.07) is 0.396. The minimum absolute atomic E-state index is 0.349. The maximum atomic E-state index is 12.1. The third-order valence-electron chi connectivity index (χ3n) is 3.43. The maximum absolute atomic E-state index is 12.1. The van der Waals surface area contributed by atoms with Crippen LogP contribution < -0.4 is 5.32 Å². The van der Waals surface area contributed by atoms with Crippen LogP contribution in [0, 0.1) is 6.92 Å². The number of rotatable bonds is 5. The van der Waals surface area contributed by atoms with Crippen molar-refractivity contribution in [3.63, 3.8) is 0 Å². The van der Waals surface area contributed by atoms with Crippen LogP contribution in [0.4, 0.5) is 5.82 Å². The molecule has 2 rings (SSSR count). The molecule has 1 heterocycles. The molecule has 1 aromatic heterocycles. The first kappa shape index (κ1) is 15.1. The fraction of sp³-hybridized carbons (Fsp3) is 0.643. The molecule has 0 aliphatic heterocycles. The molecule has 0 radical (unpaired) electrons. The highest BCUT2D eigenvalue weighted by atomic mass is 32.2. The lowest BCUT2D eigenvalue weighted by molar-refractivity contribution is 0.0525. The molecule has 1 aliphatic carbocycles. The number of thioether (sulfide) groups is 1. The van der Waals surface area contributed by atoms with Crippen LogP contribution in [0.25, 0.3) is 0 Å². The van der Waals surface area contributed by atoms with E-state index in [0.717, 1.165) is 12.8 Å². The van der Waals surface area contributed by atoms with E-state index in [1.165, 1.54) is 24.6 Å². The predicted octanol–water partition coefficient (Wildman–Crippen LogP) is 3.04. The van der Waals surface area contributed by atoms with Gasteiger partial charge in [0.15, 0.2) is 5.16 Å². The van der Waals surface area contributed by atoms with Gasteiger partial charge in [0.1, 0.15) is 11.4 Å². The molecule has 110 valence electrons. The Kier molecular flexibility index (Phi) is 5.23. The number of nitrogens with zero attached hydrogens (tertiary/aromatic N) is 2. The number of carbonyl (C=O) groups is 1. The van der Waals surface area contributed by atoms with E-state index in [2.05, 4.69) is 15.3 Å². The second-order valence-electron chi connectivity index (χ2n) is 4.87.